The maximum atomic E-state index is 11.3. The number of ketones is 2. The Morgan fingerprint density at radius 3 is 1.64 bits per heavy atom. The van der Waals surface area contributed by atoms with E-state index in [1.54, 1.807) is 17.7 Å². The van der Waals surface area contributed by atoms with E-state index in [1.807, 2.05) is 13.0 Å². The van der Waals surface area contributed by atoms with Crippen LogP contribution in [0, 0.1) is 17.8 Å². The van der Waals surface area contributed by atoms with E-state index >= 15 is 0 Å². The fraction of sp³-hybridized carbons (Fsp3) is 0.707. The largest absolute Gasteiger partial charge is 1.00 e. The molecule has 0 bridgehead atoms. The number of rotatable bonds is 5. The van der Waals surface area contributed by atoms with E-state index in [4.69, 9.17) is 15.5 Å². The summed E-state index contributed by atoms with van der Waals surface area (Å²) < 4.78 is 6.01. The fourth-order valence-corrected chi connectivity index (χ4v) is 6.87. The Morgan fingerprint density at radius 1 is 0.820 bits per heavy atom. The van der Waals surface area contributed by atoms with Gasteiger partial charge in [-0.15, -0.1) is 13.2 Å². The molecule has 1 fully saturated rings. The van der Waals surface area contributed by atoms with Crippen molar-refractivity contribution in [2.75, 3.05) is 5.33 Å². The number of carbonyl (C=O) groups is 2. The normalized spacial score (nSPS) is 22.9. The Labute approximate surface area is 339 Å². The van der Waals surface area contributed by atoms with Gasteiger partial charge in [0.1, 0.15) is 13.2 Å². The monoisotopic (exact) mass is 809 g/mol. The van der Waals surface area contributed by atoms with Gasteiger partial charge in [-0.2, -0.15) is 11.1 Å². The fourth-order valence-electron chi connectivity index (χ4n) is 5.77. The first kappa shape index (κ1) is 56.5. The number of hydrogen-bond acceptors (Lipinski definition) is 4. The summed E-state index contributed by atoms with van der Waals surface area (Å²) in [4.78, 5) is 21.9. The average molecular weight is 812 g/mol. The van der Waals surface area contributed by atoms with Crippen molar-refractivity contribution in [1.29, 1.82) is 0 Å². The molecule has 1 saturated carbocycles. The van der Waals surface area contributed by atoms with Gasteiger partial charge in [-0.3, -0.25) is 9.59 Å². The molecule has 0 saturated heterocycles. The quantitative estimate of drug-likeness (QED) is 0.130. The minimum Gasteiger partial charge on any atom is -1.00 e. The Hall–Kier alpha value is -0.239. The Morgan fingerprint density at radius 2 is 1.30 bits per heavy atom. The van der Waals surface area contributed by atoms with Crippen LogP contribution in [0.3, 0.4) is 0 Å². The summed E-state index contributed by atoms with van der Waals surface area (Å²) in [5.41, 5.74) is 4.33. The second-order valence-electron chi connectivity index (χ2n) is 15.8. The standard InChI is InChI=1S/C10H20OSi.C10H16O.C8H14.C7H10O.C3H5Br.C3H9ClSi.Li.H3N.H/c1-9-6-5-7-10(8-9)11-12(2,3)4;1-3-5-9-8(2)6-4-7-10(9)11;1-7-4-3-5-8(2)6-7;1-6-3-2-4-7(8)5-6;1-2-3-4;1-5(2,3)4;;;/h8,10H,5-7H2,1-4H3;3,8-9H,1,4-7H2,2H3;6-7H,3-5H2,1-2H3;5H,2-4H2,1H3;2H,1,3H2;1-3H3;;1H3;/q;;;;;;+1;;-1/t;8-,9+;;;;;;;/m.1......./s1. The van der Waals surface area contributed by atoms with E-state index in [2.05, 4.69) is 108 Å². The number of alkyl halides is 1. The topological polar surface area (TPSA) is 78.4 Å². The first-order chi connectivity index (χ1) is 22.2. The van der Waals surface area contributed by atoms with Crippen molar-refractivity contribution in [3.05, 3.63) is 60.3 Å². The summed E-state index contributed by atoms with van der Waals surface area (Å²) >= 11 is 8.80. The molecule has 4 rings (SSSR count). The summed E-state index contributed by atoms with van der Waals surface area (Å²) in [5, 5.41) is 0.896. The minimum absolute atomic E-state index is 0. The molecule has 0 aromatic heterocycles. The van der Waals surface area contributed by atoms with Crippen molar-refractivity contribution in [3.8, 4) is 0 Å². The molecule has 0 heterocycles. The maximum absolute atomic E-state index is 11.3. The van der Waals surface area contributed by atoms with Crippen LogP contribution in [0.15, 0.2) is 60.3 Å². The van der Waals surface area contributed by atoms with Gasteiger partial charge in [0.25, 0.3) is 0 Å². The minimum atomic E-state index is -1.32. The number of carbonyl (C=O) groups excluding carboxylic acids is 2. The second-order valence-corrected chi connectivity index (χ2v) is 28.5. The molecule has 4 atom stereocenters. The van der Waals surface area contributed by atoms with Crippen LogP contribution in [0.2, 0.25) is 39.3 Å². The maximum Gasteiger partial charge on any atom is 1.00 e. The number of halogens is 2. The summed E-state index contributed by atoms with van der Waals surface area (Å²) in [6.45, 7) is 31.1. The number of allylic oxidation sites excluding steroid dienone is 7. The molecule has 4 aliphatic carbocycles. The van der Waals surface area contributed by atoms with Crippen molar-refractivity contribution < 1.29 is 34.3 Å². The molecule has 4 nitrogen and oxygen atoms in total. The van der Waals surface area contributed by atoms with Gasteiger partial charge in [0.15, 0.2) is 14.1 Å². The molecule has 288 valence electrons. The van der Waals surface area contributed by atoms with Crippen LogP contribution >= 0.6 is 27.0 Å². The SMILES string of the molecule is C=CCBr.C=CC[C@@H]1C(=O)CCC[C@H]1C.CC1=CC(=O)CCC1.CC1=CC(C)CCC1.CC1=CC(O[Si](C)(C)C)CCC1.C[Si](C)(C)Cl.N.[H-].[Li+]. The average Bonchev–Trinajstić information content (AvgIpc) is 2.94. The van der Waals surface area contributed by atoms with E-state index < -0.39 is 15.7 Å². The molecule has 0 spiro atoms. The van der Waals surface area contributed by atoms with Crippen LogP contribution in [0.25, 0.3) is 0 Å². The molecule has 0 amide bonds. The molecule has 0 aromatic rings. The van der Waals surface area contributed by atoms with Crippen LogP contribution in [0.4, 0.5) is 0 Å². The van der Waals surface area contributed by atoms with Gasteiger partial charge in [-0.05, 0) is 129 Å². The third-order valence-corrected chi connectivity index (χ3v) is 9.42. The third kappa shape index (κ3) is 37.5. The van der Waals surface area contributed by atoms with Crippen LogP contribution < -0.4 is 25.0 Å². The van der Waals surface area contributed by atoms with E-state index in [0.717, 1.165) is 49.8 Å². The molecule has 3 N–H and O–H groups in total. The van der Waals surface area contributed by atoms with Gasteiger partial charge in [0.2, 0.25) is 0 Å². The summed E-state index contributed by atoms with van der Waals surface area (Å²) in [6, 6.07) is 0. The molecule has 2 unspecified atom stereocenters. The molecule has 9 heteroatoms. The van der Waals surface area contributed by atoms with Crippen LogP contribution in [0.1, 0.15) is 120 Å². The van der Waals surface area contributed by atoms with Crippen molar-refractivity contribution in [2.24, 2.45) is 17.8 Å². The Balaban J connectivity index is -0.000000170. The first-order valence-electron chi connectivity index (χ1n) is 18.4. The van der Waals surface area contributed by atoms with E-state index in [0.29, 0.717) is 23.6 Å². The zero-order valence-corrected chi connectivity index (χ0v) is 39.0. The smallest absolute Gasteiger partial charge is 1.00 e. The van der Waals surface area contributed by atoms with Crippen LogP contribution in [-0.4, -0.2) is 38.7 Å². The first-order valence-corrected chi connectivity index (χ1v) is 27.5. The molecule has 0 radical (unpaired) electrons. The van der Waals surface area contributed by atoms with Crippen molar-refractivity contribution in [1.82, 2.24) is 6.15 Å². The van der Waals surface area contributed by atoms with Gasteiger partial charge >= 0.3 is 18.9 Å². The van der Waals surface area contributed by atoms with Gasteiger partial charge in [0, 0.05) is 24.1 Å². The summed E-state index contributed by atoms with van der Waals surface area (Å²) in [6.07, 6.45) is 25.4. The molecule has 0 aliphatic heterocycles. The summed E-state index contributed by atoms with van der Waals surface area (Å²) in [5.74, 6) is 2.46. The zero-order chi connectivity index (χ0) is 37.3. The number of Topliss-reactive ketones (excluding diaryl/α,β-unsaturated/α-hetero) is 1. The molecular formula is C41H78BrClLiNO3Si2. The van der Waals surface area contributed by atoms with Gasteiger partial charge in [-0.1, -0.05) is 90.4 Å². The Kier molecular flexibility index (Phi) is 36.4. The van der Waals surface area contributed by atoms with Gasteiger partial charge in [-0.25, -0.2) is 0 Å². The van der Waals surface area contributed by atoms with Crippen molar-refractivity contribution in [2.45, 2.75) is 163 Å². The van der Waals surface area contributed by atoms with Gasteiger partial charge < -0.3 is 12.0 Å². The van der Waals surface area contributed by atoms with Crippen LogP contribution in [-0.2, 0) is 14.0 Å². The molecular weight excluding hydrogens is 733 g/mol. The van der Waals surface area contributed by atoms with Gasteiger partial charge in [0.05, 0.1) is 6.10 Å². The zero-order valence-electron chi connectivity index (χ0n) is 35.7. The van der Waals surface area contributed by atoms with E-state index in [9.17, 15) is 9.59 Å². The summed E-state index contributed by atoms with van der Waals surface area (Å²) in [7, 11) is -2.46. The molecule has 4 aliphatic rings. The molecule has 0 aromatic carbocycles. The Bertz CT molecular complexity index is 1030. The van der Waals surface area contributed by atoms with Crippen molar-refractivity contribution in [3.63, 3.8) is 0 Å². The van der Waals surface area contributed by atoms with E-state index in [-0.39, 0.29) is 32.4 Å². The van der Waals surface area contributed by atoms with Crippen molar-refractivity contribution >= 4 is 54.3 Å². The third-order valence-electron chi connectivity index (χ3n) is 7.95. The predicted molar refractivity (Wildman–Crippen MR) is 231 cm³/mol. The molecule has 50 heavy (non-hydrogen) atoms. The van der Waals surface area contributed by atoms with Crippen LogP contribution in [0.5, 0.6) is 0 Å². The second kappa shape index (κ2) is 32.2. The number of hydrogen-bond donors (Lipinski definition) is 1. The predicted octanol–water partition coefficient (Wildman–Crippen LogP) is 11.2. The van der Waals surface area contributed by atoms with E-state index in [1.165, 1.54) is 56.1 Å².